The highest BCUT2D eigenvalue weighted by Gasteiger charge is 2.29. The second-order valence-corrected chi connectivity index (χ2v) is 9.59. The number of ether oxygens (including phenoxy) is 2. The van der Waals surface area contributed by atoms with Gasteiger partial charge >= 0.3 is 6.09 Å². The third kappa shape index (κ3) is 7.86. The average molecular weight is 554 g/mol. The smallest absolute Gasteiger partial charge is 0.412 e. The highest BCUT2D eigenvalue weighted by atomic mass is 16.6. The molecule has 0 spiro atoms. The van der Waals surface area contributed by atoms with Gasteiger partial charge in [-0.25, -0.2) is 4.79 Å². The van der Waals surface area contributed by atoms with Crippen molar-refractivity contribution in [3.63, 3.8) is 0 Å². The molecule has 212 valence electrons. The van der Waals surface area contributed by atoms with Crippen LogP contribution in [0.25, 0.3) is 10.8 Å². The lowest BCUT2D eigenvalue weighted by molar-refractivity contribution is -0.111. The van der Waals surface area contributed by atoms with Gasteiger partial charge in [-0.1, -0.05) is 66.2 Å². The lowest BCUT2D eigenvalue weighted by Crippen LogP contribution is -2.29. The zero-order chi connectivity index (χ0) is 29.2. The molecule has 0 saturated carbocycles. The largest absolute Gasteiger partial charge is 0.507 e. The molecule has 0 aliphatic rings. The Labute approximate surface area is 239 Å². The second-order valence-electron chi connectivity index (χ2n) is 9.59. The number of nitrogens with two attached hydrogens (primary N) is 1. The molecular formula is C33H35N3O5. The molecule has 0 radical (unpaired) electrons. The molecule has 8 heteroatoms. The first kappa shape index (κ1) is 29.2. The molecule has 2 atom stereocenters. The van der Waals surface area contributed by atoms with Gasteiger partial charge < -0.3 is 25.6 Å². The number of allylic oxidation sites excluding steroid dienone is 1. The van der Waals surface area contributed by atoms with Crippen LogP contribution in [0.1, 0.15) is 37.0 Å². The van der Waals surface area contributed by atoms with Crippen LogP contribution in [0.2, 0.25) is 0 Å². The van der Waals surface area contributed by atoms with Crippen molar-refractivity contribution >= 4 is 39.8 Å². The first-order chi connectivity index (χ1) is 19.9. The molecule has 4 aromatic carbocycles. The minimum atomic E-state index is -0.794. The Morgan fingerprint density at radius 1 is 0.927 bits per heavy atom. The van der Waals surface area contributed by atoms with E-state index in [1.165, 1.54) is 6.08 Å². The highest BCUT2D eigenvalue weighted by Crippen LogP contribution is 2.36. The lowest BCUT2D eigenvalue weighted by atomic mass is 9.94. The molecule has 8 nitrogen and oxygen atoms in total. The summed E-state index contributed by atoms with van der Waals surface area (Å²) >= 11 is 0. The average Bonchev–Trinajstić information content (AvgIpc) is 2.96. The van der Waals surface area contributed by atoms with Gasteiger partial charge in [0.1, 0.15) is 5.75 Å². The number of phenolic OH excluding ortho intramolecular Hbond substituents is 1. The molecule has 0 aromatic heterocycles. The van der Waals surface area contributed by atoms with Crippen molar-refractivity contribution in [1.29, 1.82) is 0 Å². The summed E-state index contributed by atoms with van der Waals surface area (Å²) < 4.78 is 12.1. The molecule has 5 N–H and O–H groups in total. The summed E-state index contributed by atoms with van der Waals surface area (Å²) in [5.74, 6) is -0.168. The van der Waals surface area contributed by atoms with Crippen molar-refractivity contribution in [2.45, 2.75) is 38.9 Å². The van der Waals surface area contributed by atoms with E-state index in [9.17, 15) is 14.7 Å². The van der Waals surface area contributed by atoms with E-state index in [-0.39, 0.29) is 11.7 Å². The predicted octanol–water partition coefficient (Wildman–Crippen LogP) is 7.11. The number of fused-ring (bicyclic) bond motifs is 1. The Hall–Kier alpha value is -4.82. The normalized spacial score (nSPS) is 12.6. The monoisotopic (exact) mass is 553 g/mol. The maximum Gasteiger partial charge on any atom is 0.412 e. The van der Waals surface area contributed by atoms with Crippen LogP contribution in [-0.4, -0.2) is 29.8 Å². The fourth-order valence-corrected chi connectivity index (χ4v) is 4.57. The van der Waals surface area contributed by atoms with Gasteiger partial charge in [-0.15, -0.1) is 0 Å². The number of carbonyl (C=O) groups excluding carboxylic acids is 2. The van der Waals surface area contributed by atoms with Gasteiger partial charge in [0, 0.05) is 23.2 Å². The molecule has 0 heterocycles. The standard InChI is InChI=1S/C33H35N3O5/c1-3-40-30(14-8-9-15-31(38)36-28-13-7-6-12-27(28)34)32(41-33(39)35-23-18-16-22(2)17-19-23)26-20-21-29(37)25-11-5-4-10-24(25)26/h4-7,9-13,15-21,30,32,37H,3,8,14,34H2,1-2H3,(H,35,39)(H,36,38)/b15-9+/t30-,32-/m0/s1. The predicted molar refractivity (Wildman–Crippen MR) is 163 cm³/mol. The van der Waals surface area contributed by atoms with Gasteiger partial charge in [-0.3, -0.25) is 10.1 Å². The molecule has 0 fully saturated rings. The summed E-state index contributed by atoms with van der Waals surface area (Å²) in [6, 6.07) is 25.2. The maximum atomic E-state index is 13.1. The number of para-hydroxylation sites is 2. The topological polar surface area (TPSA) is 123 Å². The molecule has 2 amide bonds. The number of hydrogen-bond donors (Lipinski definition) is 4. The number of rotatable bonds is 11. The van der Waals surface area contributed by atoms with Crippen LogP contribution in [0.5, 0.6) is 5.75 Å². The number of aromatic hydroxyl groups is 1. The van der Waals surface area contributed by atoms with Crippen LogP contribution in [0.15, 0.2) is 97.1 Å². The quantitative estimate of drug-likeness (QED) is 0.116. The fourth-order valence-electron chi connectivity index (χ4n) is 4.57. The number of aryl methyl sites for hydroxylation is 1. The first-order valence-electron chi connectivity index (χ1n) is 13.5. The summed E-state index contributed by atoms with van der Waals surface area (Å²) in [7, 11) is 0. The van der Waals surface area contributed by atoms with Gasteiger partial charge in [0.25, 0.3) is 0 Å². The summed E-state index contributed by atoms with van der Waals surface area (Å²) in [4.78, 5) is 25.5. The molecule has 4 aromatic rings. The van der Waals surface area contributed by atoms with E-state index in [1.54, 1.807) is 54.6 Å². The Morgan fingerprint density at radius 3 is 2.37 bits per heavy atom. The number of phenols is 1. The Balaban J connectivity index is 1.55. The van der Waals surface area contributed by atoms with E-state index in [0.717, 1.165) is 10.9 Å². The Bertz CT molecular complexity index is 1520. The van der Waals surface area contributed by atoms with Crippen molar-refractivity contribution in [1.82, 2.24) is 0 Å². The third-order valence-electron chi connectivity index (χ3n) is 6.60. The number of benzene rings is 4. The summed E-state index contributed by atoms with van der Waals surface area (Å²) in [5.41, 5.74) is 9.32. The minimum absolute atomic E-state index is 0.133. The lowest BCUT2D eigenvalue weighted by Gasteiger charge is -2.28. The van der Waals surface area contributed by atoms with Gasteiger partial charge in [0.15, 0.2) is 6.10 Å². The van der Waals surface area contributed by atoms with Crippen molar-refractivity contribution in [2.75, 3.05) is 23.0 Å². The first-order valence-corrected chi connectivity index (χ1v) is 13.5. The molecule has 4 rings (SSSR count). The number of nitrogens with one attached hydrogen (secondary N) is 2. The van der Waals surface area contributed by atoms with Crippen molar-refractivity contribution in [3.05, 3.63) is 108 Å². The third-order valence-corrected chi connectivity index (χ3v) is 6.60. The zero-order valence-electron chi connectivity index (χ0n) is 23.2. The molecule has 0 saturated heterocycles. The Morgan fingerprint density at radius 2 is 1.63 bits per heavy atom. The molecule has 0 aliphatic carbocycles. The summed E-state index contributed by atoms with van der Waals surface area (Å²) in [6.45, 7) is 4.23. The van der Waals surface area contributed by atoms with E-state index in [2.05, 4.69) is 10.6 Å². The summed E-state index contributed by atoms with van der Waals surface area (Å²) in [6.07, 6.45) is 2.19. The van der Waals surface area contributed by atoms with Crippen LogP contribution in [0, 0.1) is 6.92 Å². The van der Waals surface area contributed by atoms with Gasteiger partial charge in [-0.2, -0.15) is 0 Å². The molecule has 41 heavy (non-hydrogen) atoms. The van der Waals surface area contributed by atoms with Gasteiger partial charge in [0.2, 0.25) is 5.91 Å². The van der Waals surface area contributed by atoms with Crippen LogP contribution in [0.4, 0.5) is 21.9 Å². The second kappa shape index (κ2) is 14.0. The number of nitrogen functional groups attached to an aromatic ring is 1. The van der Waals surface area contributed by atoms with E-state index in [0.29, 0.717) is 47.5 Å². The number of amides is 2. The number of hydrogen-bond acceptors (Lipinski definition) is 6. The van der Waals surface area contributed by atoms with Crippen molar-refractivity contribution in [2.24, 2.45) is 0 Å². The van der Waals surface area contributed by atoms with Crippen LogP contribution >= 0.6 is 0 Å². The Kier molecular flexibility index (Phi) is 9.96. The van der Waals surface area contributed by atoms with Crippen molar-refractivity contribution in [3.8, 4) is 5.75 Å². The van der Waals surface area contributed by atoms with E-state index in [4.69, 9.17) is 15.2 Å². The maximum absolute atomic E-state index is 13.1. The van der Waals surface area contributed by atoms with E-state index < -0.39 is 18.3 Å². The fraction of sp³-hybridized carbons (Fsp3) is 0.212. The highest BCUT2D eigenvalue weighted by molar-refractivity contribution is 6.01. The molecule has 0 unspecified atom stereocenters. The van der Waals surface area contributed by atoms with E-state index in [1.807, 2.05) is 50.2 Å². The SMILES string of the molecule is CCO[C@@H](CC/C=C/C(=O)Nc1ccccc1N)[C@@H](OC(=O)Nc1ccc(C)cc1)c1ccc(O)c2ccccc12. The molecular weight excluding hydrogens is 518 g/mol. The number of carbonyl (C=O) groups is 2. The zero-order valence-corrected chi connectivity index (χ0v) is 23.2. The molecule has 0 bridgehead atoms. The minimum Gasteiger partial charge on any atom is -0.507 e. The number of anilines is 3. The van der Waals surface area contributed by atoms with Crippen molar-refractivity contribution < 1.29 is 24.2 Å². The summed E-state index contributed by atoms with van der Waals surface area (Å²) in [5, 5.41) is 17.4. The van der Waals surface area contributed by atoms with Crippen LogP contribution in [-0.2, 0) is 14.3 Å². The van der Waals surface area contributed by atoms with Gasteiger partial charge in [-0.05, 0) is 68.5 Å². The van der Waals surface area contributed by atoms with Crippen LogP contribution < -0.4 is 16.4 Å². The van der Waals surface area contributed by atoms with E-state index >= 15 is 0 Å². The van der Waals surface area contributed by atoms with Crippen LogP contribution in [0.3, 0.4) is 0 Å². The molecule has 0 aliphatic heterocycles. The van der Waals surface area contributed by atoms with Gasteiger partial charge in [0.05, 0.1) is 17.5 Å².